The quantitative estimate of drug-likeness (QED) is 0.354. The Hall–Kier alpha value is -4.71. The third kappa shape index (κ3) is 4.14. The van der Waals surface area contributed by atoms with Crippen LogP contribution in [0.1, 0.15) is 11.4 Å². The van der Waals surface area contributed by atoms with Gasteiger partial charge in [0.2, 0.25) is 0 Å². The zero-order chi connectivity index (χ0) is 25.2. The Morgan fingerprint density at radius 1 is 1.06 bits per heavy atom. The van der Waals surface area contributed by atoms with E-state index in [1.54, 1.807) is 16.7 Å². The van der Waals surface area contributed by atoms with Crippen LogP contribution in [0, 0.1) is 24.1 Å². The first kappa shape index (κ1) is 23.1. The van der Waals surface area contributed by atoms with Gasteiger partial charge in [0.15, 0.2) is 0 Å². The fraction of sp³-hybridized carbons (Fsp3) is 0.185. The summed E-state index contributed by atoms with van der Waals surface area (Å²) >= 11 is 0. The third-order valence-corrected chi connectivity index (χ3v) is 6.30. The minimum Gasteiger partial charge on any atom is -0.496 e. The van der Waals surface area contributed by atoms with E-state index in [-0.39, 0.29) is 0 Å². The first-order valence-corrected chi connectivity index (χ1v) is 11.4. The normalized spacial score (nSPS) is 11.0. The summed E-state index contributed by atoms with van der Waals surface area (Å²) in [7, 11) is 3.50. The molecule has 0 amide bonds. The van der Waals surface area contributed by atoms with Crippen LogP contribution in [0.3, 0.4) is 0 Å². The Morgan fingerprint density at radius 2 is 1.83 bits per heavy atom. The van der Waals surface area contributed by atoms with Gasteiger partial charge in [-0.1, -0.05) is 24.3 Å². The molecule has 0 bridgehead atoms. The van der Waals surface area contributed by atoms with Crippen LogP contribution in [0.2, 0.25) is 0 Å². The lowest BCUT2D eigenvalue weighted by Crippen LogP contribution is -2.13. The number of halogens is 1. The van der Waals surface area contributed by atoms with Crippen molar-refractivity contribution in [1.82, 2.24) is 24.1 Å². The molecule has 0 aliphatic rings. The van der Waals surface area contributed by atoms with Gasteiger partial charge in [0.05, 0.1) is 30.3 Å². The maximum Gasteiger partial charge on any atom is 0.147 e. The monoisotopic (exact) mass is 481 g/mol. The molecule has 36 heavy (non-hydrogen) atoms. The van der Waals surface area contributed by atoms with Crippen LogP contribution in [0.4, 0.5) is 10.2 Å². The standard InChI is InChI=1S/C27H24FN7O/c1-17-26(33-16-34(17)2)19-6-4-18(5-7-19)23-13-25(32-15-31-23)30-10-11-35-20(14-29)12-21-24(36-3)9-8-22(28)27(21)35/h4-9,12-13,15-16H,10-11H2,1-3H3,(H,30,31,32). The van der Waals surface area contributed by atoms with E-state index in [0.717, 1.165) is 28.2 Å². The Balaban J connectivity index is 1.33. The highest BCUT2D eigenvalue weighted by Crippen LogP contribution is 2.31. The Morgan fingerprint density at radius 3 is 2.53 bits per heavy atom. The number of hydrogen-bond acceptors (Lipinski definition) is 6. The van der Waals surface area contributed by atoms with Gasteiger partial charge in [0.25, 0.3) is 0 Å². The summed E-state index contributed by atoms with van der Waals surface area (Å²) in [6.45, 7) is 2.84. The lowest BCUT2D eigenvalue weighted by molar-refractivity contribution is 0.419. The molecule has 0 atom stereocenters. The number of hydrogen-bond donors (Lipinski definition) is 1. The van der Waals surface area contributed by atoms with Crippen molar-refractivity contribution in [3.05, 3.63) is 78.4 Å². The molecule has 5 rings (SSSR count). The van der Waals surface area contributed by atoms with Gasteiger partial charge >= 0.3 is 0 Å². The highest BCUT2D eigenvalue weighted by molar-refractivity contribution is 5.88. The summed E-state index contributed by atoms with van der Waals surface area (Å²) in [5.41, 5.74) is 5.54. The summed E-state index contributed by atoms with van der Waals surface area (Å²) in [5.74, 6) is 0.762. The second kappa shape index (κ2) is 9.50. The fourth-order valence-electron chi connectivity index (χ4n) is 4.30. The molecule has 8 nitrogen and oxygen atoms in total. The van der Waals surface area contributed by atoms with Crippen molar-refractivity contribution in [2.24, 2.45) is 7.05 Å². The number of aromatic nitrogens is 5. The molecule has 0 aliphatic heterocycles. The van der Waals surface area contributed by atoms with E-state index in [1.165, 1.54) is 19.5 Å². The highest BCUT2D eigenvalue weighted by Gasteiger charge is 2.16. The van der Waals surface area contributed by atoms with Crippen molar-refractivity contribution in [2.75, 3.05) is 19.0 Å². The summed E-state index contributed by atoms with van der Waals surface area (Å²) in [6, 6.07) is 16.7. The fourth-order valence-corrected chi connectivity index (χ4v) is 4.30. The smallest absolute Gasteiger partial charge is 0.147 e. The number of nitrogens with one attached hydrogen (secondary N) is 1. The predicted octanol–water partition coefficient (Wildman–Crippen LogP) is 4.94. The van der Waals surface area contributed by atoms with E-state index >= 15 is 0 Å². The number of fused-ring (bicyclic) bond motifs is 1. The largest absolute Gasteiger partial charge is 0.496 e. The summed E-state index contributed by atoms with van der Waals surface area (Å²) in [5, 5.41) is 13.4. The average Bonchev–Trinajstić information content (AvgIpc) is 3.45. The van der Waals surface area contributed by atoms with Gasteiger partial charge < -0.3 is 19.2 Å². The lowest BCUT2D eigenvalue weighted by atomic mass is 10.1. The molecule has 3 aromatic heterocycles. The Bertz CT molecular complexity index is 1600. The minimum absolute atomic E-state index is 0.347. The summed E-state index contributed by atoms with van der Waals surface area (Å²) in [4.78, 5) is 13.2. The van der Waals surface area contributed by atoms with Crippen LogP contribution in [0.25, 0.3) is 33.4 Å². The molecular weight excluding hydrogens is 457 g/mol. The van der Waals surface area contributed by atoms with Gasteiger partial charge in [-0.2, -0.15) is 5.26 Å². The number of aryl methyl sites for hydroxylation is 1. The molecule has 0 saturated carbocycles. The molecule has 1 N–H and O–H groups in total. The van der Waals surface area contributed by atoms with E-state index in [9.17, 15) is 9.65 Å². The van der Waals surface area contributed by atoms with Crippen LogP contribution >= 0.6 is 0 Å². The molecule has 0 fully saturated rings. The van der Waals surface area contributed by atoms with Crippen molar-refractivity contribution < 1.29 is 9.13 Å². The van der Waals surface area contributed by atoms with Gasteiger partial charge in [-0.25, -0.2) is 19.3 Å². The first-order chi connectivity index (χ1) is 17.5. The van der Waals surface area contributed by atoms with Crippen LogP contribution < -0.4 is 10.1 Å². The van der Waals surface area contributed by atoms with Crippen molar-refractivity contribution in [1.29, 1.82) is 5.26 Å². The number of nitriles is 1. The van der Waals surface area contributed by atoms with Crippen molar-refractivity contribution in [3.63, 3.8) is 0 Å². The van der Waals surface area contributed by atoms with Gasteiger partial charge in [-0.15, -0.1) is 0 Å². The van der Waals surface area contributed by atoms with E-state index < -0.39 is 5.82 Å². The molecule has 180 valence electrons. The van der Waals surface area contributed by atoms with E-state index in [2.05, 4.69) is 26.3 Å². The first-order valence-electron chi connectivity index (χ1n) is 11.4. The number of benzene rings is 2. The van der Waals surface area contributed by atoms with Crippen molar-refractivity contribution in [2.45, 2.75) is 13.5 Å². The summed E-state index contributed by atoms with van der Waals surface area (Å²) < 4.78 is 23.6. The Labute approximate surface area is 207 Å². The molecule has 0 radical (unpaired) electrons. The van der Waals surface area contributed by atoms with Gasteiger partial charge in [0, 0.05) is 48.4 Å². The van der Waals surface area contributed by atoms with Crippen molar-refractivity contribution >= 4 is 16.7 Å². The zero-order valence-electron chi connectivity index (χ0n) is 20.2. The van der Waals surface area contributed by atoms with Gasteiger partial charge in [-0.05, 0) is 25.1 Å². The second-order valence-electron chi connectivity index (χ2n) is 8.39. The number of methoxy groups -OCH3 is 1. The molecule has 0 saturated heterocycles. The van der Waals surface area contributed by atoms with Crippen LogP contribution in [0.5, 0.6) is 5.75 Å². The number of ether oxygens (including phenoxy) is 1. The molecule has 0 spiro atoms. The maximum atomic E-state index is 14.6. The molecular formula is C27H24FN7O. The van der Waals surface area contributed by atoms with E-state index in [1.807, 2.05) is 55.2 Å². The number of nitrogens with zero attached hydrogens (tertiary/aromatic N) is 6. The average molecular weight is 482 g/mol. The molecule has 2 aromatic carbocycles. The summed E-state index contributed by atoms with van der Waals surface area (Å²) in [6.07, 6.45) is 3.31. The lowest BCUT2D eigenvalue weighted by Gasteiger charge is -2.11. The minimum atomic E-state index is -0.402. The molecule has 3 heterocycles. The Kier molecular flexibility index (Phi) is 6.09. The maximum absolute atomic E-state index is 14.6. The van der Waals surface area contributed by atoms with Gasteiger partial charge in [0.1, 0.15) is 35.5 Å². The third-order valence-electron chi connectivity index (χ3n) is 6.30. The topological polar surface area (TPSA) is 93.6 Å². The second-order valence-corrected chi connectivity index (χ2v) is 8.39. The predicted molar refractivity (Wildman–Crippen MR) is 136 cm³/mol. The molecule has 9 heteroatoms. The number of anilines is 1. The van der Waals surface area contributed by atoms with Crippen LogP contribution in [0.15, 0.2) is 61.2 Å². The molecule has 0 aliphatic carbocycles. The molecule has 0 unspecified atom stereocenters. The highest BCUT2D eigenvalue weighted by atomic mass is 19.1. The zero-order valence-corrected chi connectivity index (χ0v) is 20.2. The number of rotatable bonds is 7. The van der Waals surface area contributed by atoms with Crippen molar-refractivity contribution in [3.8, 4) is 34.3 Å². The van der Waals surface area contributed by atoms with Gasteiger partial charge in [-0.3, -0.25) is 0 Å². The van der Waals surface area contributed by atoms with Crippen LogP contribution in [-0.2, 0) is 13.6 Å². The van der Waals surface area contributed by atoms with Crippen LogP contribution in [-0.4, -0.2) is 37.7 Å². The SMILES string of the molecule is COc1ccc(F)c2c1cc(C#N)n2CCNc1cc(-c2ccc(-c3ncn(C)c3C)cc2)ncn1. The number of imidazole rings is 1. The van der Waals surface area contributed by atoms with E-state index in [0.29, 0.717) is 41.3 Å². The molecule has 5 aromatic rings. The van der Waals surface area contributed by atoms with E-state index in [4.69, 9.17) is 4.74 Å².